The zero-order valence-corrected chi connectivity index (χ0v) is 11.1. The van der Waals surface area contributed by atoms with Crippen molar-refractivity contribution in [3.8, 4) is 6.07 Å². The van der Waals surface area contributed by atoms with E-state index in [1.54, 1.807) is 6.07 Å². The first kappa shape index (κ1) is 13.6. The number of hydrogen-bond acceptors (Lipinski definition) is 2. The zero-order chi connectivity index (χ0) is 13.8. The summed E-state index contributed by atoms with van der Waals surface area (Å²) < 4.78 is 27.3. The second-order valence-electron chi connectivity index (χ2n) is 4.16. The summed E-state index contributed by atoms with van der Waals surface area (Å²) in [6.45, 7) is 1.97. The Morgan fingerprint density at radius 2 is 1.84 bits per heavy atom. The van der Waals surface area contributed by atoms with Crippen molar-refractivity contribution >= 4 is 11.8 Å². The molecule has 1 nitrogen and oxygen atoms in total. The summed E-state index contributed by atoms with van der Waals surface area (Å²) in [6, 6.07) is 11.6. The van der Waals surface area contributed by atoms with Crippen LogP contribution in [0, 0.1) is 29.9 Å². The van der Waals surface area contributed by atoms with Crippen LogP contribution < -0.4 is 0 Å². The van der Waals surface area contributed by atoms with E-state index >= 15 is 0 Å². The van der Waals surface area contributed by atoms with E-state index in [1.807, 2.05) is 31.2 Å². The second kappa shape index (κ2) is 5.85. The summed E-state index contributed by atoms with van der Waals surface area (Å²) in [6.07, 6.45) is 0. The van der Waals surface area contributed by atoms with Gasteiger partial charge in [-0.15, -0.1) is 11.8 Å². The van der Waals surface area contributed by atoms with Crippen LogP contribution in [0.2, 0.25) is 0 Å². The summed E-state index contributed by atoms with van der Waals surface area (Å²) in [5.74, 6) is -0.884. The molecule has 0 bridgehead atoms. The van der Waals surface area contributed by atoms with Gasteiger partial charge in [-0.2, -0.15) is 5.26 Å². The molecule has 19 heavy (non-hydrogen) atoms. The molecular weight excluding hydrogens is 264 g/mol. The van der Waals surface area contributed by atoms with E-state index in [-0.39, 0.29) is 10.5 Å². The lowest BCUT2D eigenvalue weighted by molar-refractivity contribution is 0.540. The Morgan fingerprint density at radius 3 is 2.42 bits per heavy atom. The van der Waals surface area contributed by atoms with Crippen LogP contribution in [0.4, 0.5) is 8.78 Å². The zero-order valence-electron chi connectivity index (χ0n) is 10.3. The fourth-order valence-corrected chi connectivity index (χ4v) is 2.60. The molecule has 0 amide bonds. The van der Waals surface area contributed by atoms with Crippen LogP contribution >= 0.6 is 11.8 Å². The fourth-order valence-electron chi connectivity index (χ4n) is 1.72. The predicted octanol–water partition coefficient (Wildman–Crippen LogP) is 4.44. The minimum atomic E-state index is -0.686. The van der Waals surface area contributed by atoms with Gasteiger partial charge in [0, 0.05) is 5.75 Å². The predicted molar refractivity (Wildman–Crippen MR) is 71.8 cm³/mol. The average molecular weight is 275 g/mol. The number of aryl methyl sites for hydroxylation is 1. The smallest absolute Gasteiger partial charge is 0.141 e. The molecule has 0 aliphatic rings. The van der Waals surface area contributed by atoms with Crippen molar-refractivity contribution < 1.29 is 8.78 Å². The van der Waals surface area contributed by atoms with Gasteiger partial charge in [0.05, 0.1) is 16.5 Å². The molecule has 0 fully saturated rings. The molecule has 0 spiro atoms. The van der Waals surface area contributed by atoms with Crippen LogP contribution in [0.25, 0.3) is 0 Å². The highest BCUT2D eigenvalue weighted by molar-refractivity contribution is 7.98. The summed E-state index contributed by atoms with van der Waals surface area (Å²) in [4.78, 5) is -0.0412. The Hall–Kier alpha value is -1.86. The molecule has 0 aromatic heterocycles. The van der Waals surface area contributed by atoms with Crippen molar-refractivity contribution in [2.75, 3.05) is 0 Å². The molecule has 0 N–H and O–H groups in total. The van der Waals surface area contributed by atoms with E-state index < -0.39 is 11.6 Å². The minimum absolute atomic E-state index is 0.00472. The Morgan fingerprint density at radius 1 is 1.16 bits per heavy atom. The van der Waals surface area contributed by atoms with Crippen molar-refractivity contribution in [2.45, 2.75) is 17.6 Å². The van der Waals surface area contributed by atoms with Gasteiger partial charge >= 0.3 is 0 Å². The molecule has 96 valence electrons. The van der Waals surface area contributed by atoms with Crippen molar-refractivity contribution in [1.82, 2.24) is 0 Å². The number of hydrogen-bond donors (Lipinski definition) is 0. The number of nitriles is 1. The number of rotatable bonds is 3. The van der Waals surface area contributed by atoms with E-state index in [4.69, 9.17) is 5.26 Å². The molecule has 0 atom stereocenters. The summed E-state index contributed by atoms with van der Waals surface area (Å²) in [5, 5.41) is 8.63. The van der Waals surface area contributed by atoms with Crippen LogP contribution in [0.15, 0.2) is 41.3 Å². The lowest BCUT2D eigenvalue weighted by atomic mass is 10.2. The lowest BCUT2D eigenvalue weighted by Crippen LogP contribution is -1.91. The molecule has 2 aromatic carbocycles. The van der Waals surface area contributed by atoms with Crippen LogP contribution in [0.3, 0.4) is 0 Å². The molecular formula is C15H11F2NS. The van der Waals surface area contributed by atoms with Gasteiger partial charge in [0.15, 0.2) is 0 Å². The van der Waals surface area contributed by atoms with Crippen molar-refractivity contribution in [3.63, 3.8) is 0 Å². The molecule has 0 aliphatic heterocycles. The number of halogens is 2. The average Bonchev–Trinajstić information content (AvgIpc) is 2.37. The normalized spacial score (nSPS) is 10.2. The van der Waals surface area contributed by atoms with Gasteiger partial charge < -0.3 is 0 Å². The van der Waals surface area contributed by atoms with Gasteiger partial charge in [0.25, 0.3) is 0 Å². The van der Waals surface area contributed by atoms with Gasteiger partial charge in [-0.05, 0) is 24.6 Å². The molecule has 2 aromatic rings. The van der Waals surface area contributed by atoms with Gasteiger partial charge in [-0.1, -0.05) is 29.8 Å². The van der Waals surface area contributed by atoms with Gasteiger partial charge in [0.2, 0.25) is 0 Å². The van der Waals surface area contributed by atoms with E-state index in [1.165, 1.54) is 0 Å². The maximum Gasteiger partial charge on any atom is 0.141 e. The van der Waals surface area contributed by atoms with Crippen LogP contribution in [-0.2, 0) is 5.75 Å². The Balaban J connectivity index is 2.18. The fraction of sp³-hybridized carbons (Fsp3) is 0.133. The molecule has 4 heteroatoms. The Labute approximate surface area is 114 Å². The topological polar surface area (TPSA) is 23.8 Å². The highest BCUT2D eigenvalue weighted by Crippen LogP contribution is 2.29. The molecule has 0 saturated carbocycles. The number of benzene rings is 2. The van der Waals surface area contributed by atoms with E-state index in [0.717, 1.165) is 35.0 Å². The van der Waals surface area contributed by atoms with Crippen molar-refractivity contribution in [1.29, 1.82) is 5.26 Å². The van der Waals surface area contributed by atoms with Gasteiger partial charge in [-0.3, -0.25) is 0 Å². The van der Waals surface area contributed by atoms with E-state index in [9.17, 15) is 8.78 Å². The summed E-state index contributed by atoms with van der Waals surface area (Å²) in [5.41, 5.74) is 2.11. The Bertz CT molecular complexity index is 624. The molecule has 0 unspecified atom stereocenters. The van der Waals surface area contributed by atoms with Crippen molar-refractivity contribution in [2.24, 2.45) is 0 Å². The van der Waals surface area contributed by atoms with Gasteiger partial charge in [-0.25, -0.2) is 8.78 Å². The first-order valence-electron chi connectivity index (χ1n) is 5.67. The molecule has 2 rings (SSSR count). The largest absolute Gasteiger partial charge is 0.206 e. The third-order valence-electron chi connectivity index (χ3n) is 2.59. The number of nitrogens with zero attached hydrogens (tertiary/aromatic N) is 1. The third-order valence-corrected chi connectivity index (χ3v) is 3.75. The number of thioether (sulfide) groups is 1. The minimum Gasteiger partial charge on any atom is -0.206 e. The first-order valence-corrected chi connectivity index (χ1v) is 6.66. The van der Waals surface area contributed by atoms with E-state index in [2.05, 4.69) is 0 Å². The van der Waals surface area contributed by atoms with Crippen molar-refractivity contribution in [3.05, 3.63) is 64.7 Å². The maximum atomic E-state index is 13.7. The highest BCUT2D eigenvalue weighted by Gasteiger charge is 2.12. The highest BCUT2D eigenvalue weighted by atomic mass is 32.2. The molecule has 0 heterocycles. The van der Waals surface area contributed by atoms with Gasteiger partial charge in [0.1, 0.15) is 11.6 Å². The van der Waals surface area contributed by atoms with Crippen LogP contribution in [0.1, 0.15) is 16.7 Å². The monoisotopic (exact) mass is 275 g/mol. The Kier molecular flexibility index (Phi) is 4.18. The second-order valence-corrected chi connectivity index (χ2v) is 5.14. The standard InChI is InChI=1S/C15H11F2NS/c1-10-3-2-4-11(5-10)9-19-15-13(16)6-12(8-18)7-14(15)17/h2-7H,9H2,1H3. The lowest BCUT2D eigenvalue weighted by Gasteiger charge is -2.06. The quantitative estimate of drug-likeness (QED) is 0.773. The van der Waals surface area contributed by atoms with E-state index in [0.29, 0.717) is 5.75 Å². The molecule has 0 saturated heterocycles. The first-order chi connectivity index (χ1) is 9.10. The molecule has 0 radical (unpaired) electrons. The molecule has 0 aliphatic carbocycles. The van der Waals surface area contributed by atoms with Crippen LogP contribution in [-0.4, -0.2) is 0 Å². The maximum absolute atomic E-state index is 13.7. The van der Waals surface area contributed by atoms with Crippen LogP contribution in [0.5, 0.6) is 0 Å². The summed E-state index contributed by atoms with van der Waals surface area (Å²) in [7, 11) is 0. The summed E-state index contributed by atoms with van der Waals surface area (Å²) >= 11 is 1.10. The third kappa shape index (κ3) is 3.33. The SMILES string of the molecule is Cc1cccc(CSc2c(F)cc(C#N)cc2F)c1.